The number of hydrogen-bond acceptors (Lipinski definition) is 11. The molecular weight excluding hydrogens is 1380 g/mol. The van der Waals surface area contributed by atoms with Gasteiger partial charge in [-0.15, -0.1) is 0 Å². The van der Waals surface area contributed by atoms with Gasteiger partial charge < -0.3 is 34.2 Å². The highest BCUT2D eigenvalue weighted by Gasteiger charge is 3.01. The Hall–Kier alpha value is -9.52. The van der Waals surface area contributed by atoms with Crippen LogP contribution < -0.4 is 5.73 Å². The van der Waals surface area contributed by atoms with Gasteiger partial charge in [-0.2, -0.15) is 47.9 Å². The molecule has 28 aromatic carbocycles. The molecule has 0 aliphatic heterocycles. The molecule has 3 N–H and O–H groups in total. The monoisotopic (exact) mass is 1410 g/mol. The molecule has 0 bridgehead atoms. The highest BCUT2D eigenvalue weighted by atomic mass is 32.2. The minimum absolute atomic E-state index is 0.00181. The lowest BCUT2D eigenvalue weighted by molar-refractivity contribution is -0.382. The Balaban J connectivity index is 0.000000298. The number of ether oxygens (including phenoxy) is 6. The number of alkyl halides is 9. The summed E-state index contributed by atoms with van der Waals surface area (Å²) in [7, 11) is -5.50. The molecule has 2 spiro atoms. The highest BCUT2D eigenvalue weighted by Crippen LogP contribution is 2.97. The second-order valence-electron chi connectivity index (χ2n) is 31.9. The molecule has 0 unspecified atom stereocenters. The average molecular weight is 1410 g/mol. The average Bonchev–Trinajstić information content (AvgIpc) is 1.35. The number of hydrogen-bond donors (Lipinski definition) is 2. The van der Waals surface area contributed by atoms with E-state index in [1.165, 1.54) is 259 Å². The fourth-order valence-electron chi connectivity index (χ4n) is 27.6. The third-order valence-corrected chi connectivity index (χ3v) is 30.3. The lowest BCUT2D eigenvalue weighted by Gasteiger charge is -2.32. The molecule has 0 atom stereocenters. The van der Waals surface area contributed by atoms with Crippen LogP contribution in [0.3, 0.4) is 0 Å². The van der Waals surface area contributed by atoms with Gasteiger partial charge in [-0.1, -0.05) is 12.8 Å². The number of esters is 2. The van der Waals surface area contributed by atoms with Crippen molar-refractivity contribution in [1.29, 1.82) is 0 Å². The molecule has 5 aliphatic rings. The Bertz CT molecular complexity index is 7910. The standard InChI is InChI=1S/C78H33NO8.C4HF9O3S/c1-82-8-9-83-10-11-84-12-13-85-14-15-87-75(81)78(74(80)86-7-5-3-2-4-6-79)76-70-62-54-44-34-26-18-16-17-20-24-22(18)30-38-32(24)42-36-28(20)29-21(17)25-23-19(16)27(26)35-41-31(23)39-33(25)43-37(29)47-46(36)56-50(42)60-52(38)58(48(54)40(30)34)66(70)68(60)72-64(56)65-57(47)51(43)61-53(39)59-49(41)55(45(35)44)63(62)71(76)67(59)69(61)73(65)77(72,76)78;5-1(6,3(9,10)11)2(7,8)4(12,13)17(14,15)16/h2-15,79H2,1H3;(H,14,15,16). The quantitative estimate of drug-likeness (QED) is 0.0155. The summed E-state index contributed by atoms with van der Waals surface area (Å²) in [6.45, 7) is 3.72. The first-order valence-corrected chi connectivity index (χ1v) is 36.8. The van der Waals surface area contributed by atoms with Crippen molar-refractivity contribution < 1.29 is 90.5 Å². The number of unbranched alkanes of at least 4 members (excludes halogenated alkanes) is 3. The summed E-state index contributed by atoms with van der Waals surface area (Å²) in [5.74, 6) is -15.6. The fourth-order valence-corrected chi connectivity index (χ4v) is 28.1. The first kappa shape index (κ1) is 53.3. The maximum Gasteiger partial charge on any atom is 0.460 e. The third-order valence-electron chi connectivity index (χ3n) is 29.4. The van der Waals surface area contributed by atoms with Crippen molar-refractivity contribution in [3.05, 3.63) is 22.3 Å². The zero-order valence-corrected chi connectivity index (χ0v) is 54.1. The lowest BCUT2D eigenvalue weighted by Crippen LogP contribution is -2.63. The van der Waals surface area contributed by atoms with Gasteiger partial charge in [0.25, 0.3) is 0 Å². The summed E-state index contributed by atoms with van der Waals surface area (Å²) in [4.78, 5) is 34.9. The van der Waals surface area contributed by atoms with Crippen LogP contribution in [0.2, 0.25) is 0 Å². The molecule has 5 aliphatic carbocycles. The Labute approximate surface area is 566 Å². The normalized spacial score (nSPS) is 20.9. The zero-order valence-electron chi connectivity index (χ0n) is 53.3. The van der Waals surface area contributed by atoms with E-state index in [4.69, 9.17) is 38.7 Å². The Morgan fingerprint density at radius 2 is 0.529 bits per heavy atom. The molecule has 0 heterocycles. The van der Waals surface area contributed by atoms with Crippen LogP contribution in [-0.4, -0.2) is 121 Å². The second-order valence-corrected chi connectivity index (χ2v) is 33.4. The number of carbonyl (C=O) groups excluding carboxylic acids is 2. The predicted molar refractivity (Wildman–Crippen MR) is 383 cm³/mol. The number of halogens is 9. The number of rotatable bonds is 23. The zero-order chi connectivity index (χ0) is 68.8. The Morgan fingerprint density at radius 1 is 0.317 bits per heavy atom. The molecule has 502 valence electrons. The summed E-state index contributed by atoms with van der Waals surface area (Å²) in [6.07, 6.45) is -3.66. The topological polar surface area (TPSA) is 170 Å². The molecule has 0 aromatic heterocycles. The van der Waals surface area contributed by atoms with Gasteiger partial charge in [-0.05, 0) is 332 Å². The van der Waals surface area contributed by atoms with Crippen molar-refractivity contribution in [3.8, 4) is 0 Å². The summed E-state index contributed by atoms with van der Waals surface area (Å²) in [6, 6.07) is 0. The summed E-state index contributed by atoms with van der Waals surface area (Å²) >= 11 is 0. The van der Waals surface area contributed by atoms with Gasteiger partial charge in [0.15, 0.2) is 5.41 Å². The van der Waals surface area contributed by atoms with E-state index in [1.54, 1.807) is 61.0 Å². The molecule has 22 heteroatoms. The molecule has 0 saturated heterocycles. The van der Waals surface area contributed by atoms with Crippen molar-refractivity contribution in [3.63, 3.8) is 0 Å². The van der Waals surface area contributed by atoms with Gasteiger partial charge in [0.1, 0.15) is 6.61 Å². The highest BCUT2D eigenvalue weighted by molar-refractivity contribution is 7.87. The summed E-state index contributed by atoms with van der Waals surface area (Å²) < 4.78 is 171. The molecule has 104 heavy (non-hydrogen) atoms. The van der Waals surface area contributed by atoms with Gasteiger partial charge >= 0.3 is 45.3 Å². The second kappa shape index (κ2) is 14.1. The van der Waals surface area contributed by atoms with Crippen molar-refractivity contribution >= 4 is 313 Å². The van der Waals surface area contributed by atoms with E-state index in [-0.39, 0.29) is 19.8 Å². The van der Waals surface area contributed by atoms with Crippen LogP contribution in [0, 0.1) is 5.41 Å². The van der Waals surface area contributed by atoms with Crippen molar-refractivity contribution in [2.24, 2.45) is 11.1 Å². The van der Waals surface area contributed by atoms with Crippen LogP contribution in [0.4, 0.5) is 39.5 Å². The number of carbonyl (C=O) groups is 2. The van der Waals surface area contributed by atoms with Crippen LogP contribution in [0.25, 0.3) is 291 Å². The minimum Gasteiger partial charge on any atom is -0.465 e. The van der Waals surface area contributed by atoms with E-state index in [0.717, 1.165) is 19.3 Å². The van der Waals surface area contributed by atoms with Crippen molar-refractivity contribution in [2.75, 3.05) is 73.1 Å². The predicted octanol–water partition coefficient (Wildman–Crippen LogP) is 18.9. The number of methoxy groups -OCH3 is 1. The van der Waals surface area contributed by atoms with Gasteiger partial charge in [-0.3, -0.25) is 14.1 Å². The number of benzene rings is 18. The van der Waals surface area contributed by atoms with E-state index < -0.39 is 61.6 Å². The third kappa shape index (κ3) is 3.83. The van der Waals surface area contributed by atoms with E-state index in [0.29, 0.717) is 52.6 Å². The smallest absolute Gasteiger partial charge is 0.460 e. The first-order chi connectivity index (χ1) is 50.2. The SMILES string of the molecule is COCCOCCOCCOCCOC(=O)C1(C(=O)OCCCCCCN)C23c4c5c6c7c8c9c(c%10c%11c2c2c4c4c%12c5c5c6c6c8c8c%13c9c9c%10c%10c%11c%11c2c2c4c4c%12c%12c5c5c6c8c6c8c%13c9c9c%10c%10c%11c2c2c4c4c%12c5c6c5c8c9c%10c2c45)C713.O=S(=O)(O)C(F)(F)C(F)(F)C(F)(F)C(F)(F)F. The van der Waals surface area contributed by atoms with E-state index in [1.807, 2.05) is 0 Å². The molecule has 28 aromatic rings. The first-order valence-electron chi connectivity index (χ1n) is 35.4. The lowest BCUT2D eigenvalue weighted by atomic mass is 9.68. The largest absolute Gasteiger partial charge is 0.465 e. The molecule has 0 radical (unpaired) electrons. The van der Waals surface area contributed by atoms with Crippen LogP contribution in [0.5, 0.6) is 0 Å². The van der Waals surface area contributed by atoms with Crippen molar-refractivity contribution in [2.45, 2.75) is 59.8 Å². The van der Waals surface area contributed by atoms with Crippen molar-refractivity contribution in [1.82, 2.24) is 0 Å². The van der Waals surface area contributed by atoms with Crippen LogP contribution in [0.1, 0.15) is 47.9 Å². The van der Waals surface area contributed by atoms with E-state index >= 15 is 9.59 Å². The van der Waals surface area contributed by atoms with Gasteiger partial charge in [0.2, 0.25) is 0 Å². The van der Waals surface area contributed by atoms with Gasteiger partial charge in [0.05, 0.1) is 63.7 Å². The molecule has 1 saturated carbocycles. The van der Waals surface area contributed by atoms with Crippen LogP contribution in [-0.2, 0) is 59.0 Å². The molecule has 0 amide bonds. The minimum atomic E-state index is -7.37. The molecular formula is C82H34F9NO11S. The maximum absolute atomic E-state index is 17.5. The summed E-state index contributed by atoms with van der Waals surface area (Å²) in [5, 5.41) is 71.9. The van der Waals surface area contributed by atoms with E-state index in [9.17, 15) is 47.9 Å². The van der Waals surface area contributed by atoms with Gasteiger partial charge in [-0.25, -0.2) is 0 Å². The summed E-state index contributed by atoms with van der Waals surface area (Å²) in [5.41, 5.74) is 6.91. The number of nitrogens with two attached hydrogens (primary N) is 1. The molecule has 1 fully saturated rings. The Morgan fingerprint density at radius 3 is 0.750 bits per heavy atom. The Kier molecular flexibility index (Phi) is 7.20. The van der Waals surface area contributed by atoms with Crippen LogP contribution >= 0.6 is 0 Å². The maximum atomic E-state index is 17.5. The fraction of sp³-hybridized carbons (Fsp3) is 0.268. The molecule has 33 rings (SSSR count). The van der Waals surface area contributed by atoms with Gasteiger partial charge in [0, 0.05) is 7.11 Å². The van der Waals surface area contributed by atoms with E-state index in [2.05, 4.69) is 0 Å². The molecule has 12 nitrogen and oxygen atoms in total. The van der Waals surface area contributed by atoms with Crippen LogP contribution in [0.15, 0.2) is 0 Å².